The van der Waals surface area contributed by atoms with Crippen LogP contribution in [0.5, 0.6) is 0 Å². The smallest absolute Gasteiger partial charge is 1.00 e. The van der Waals surface area contributed by atoms with Crippen molar-refractivity contribution in [1.29, 1.82) is 0 Å². The average molecular weight is 397 g/mol. The van der Waals surface area contributed by atoms with Crippen LogP contribution < -0.4 is 28.2 Å². The minimum atomic E-state index is -0.630. The zero-order valence-corrected chi connectivity index (χ0v) is 16.1. The summed E-state index contributed by atoms with van der Waals surface area (Å²) in [6.45, 7) is 4.53. The maximum Gasteiger partial charge on any atom is -1.00 e. The molecular weight excluding hydrogens is 380 g/mol. The molecule has 1 aromatic carbocycles. The summed E-state index contributed by atoms with van der Waals surface area (Å²) < 4.78 is 2.10. The molecule has 0 aliphatic heterocycles. The van der Waals surface area contributed by atoms with Crippen LogP contribution in [0, 0.1) is 13.8 Å². The van der Waals surface area contributed by atoms with Gasteiger partial charge in [-0.25, -0.2) is 0 Å². The number of halogens is 2. The zero-order valence-electron chi connectivity index (χ0n) is 12.1. The molecule has 4 heteroatoms. The van der Waals surface area contributed by atoms with E-state index >= 15 is 0 Å². The molecule has 1 aromatic heterocycles. The number of benzene rings is 1. The fourth-order valence-corrected chi connectivity index (χ4v) is 7.76. The fraction of sp³-hybridized carbons (Fsp3) is 0.294. The Kier molecular flexibility index (Phi) is 4.93. The monoisotopic (exact) mass is 395 g/mol. The van der Waals surface area contributed by atoms with E-state index in [1.165, 1.54) is 34.9 Å². The molecule has 2 aromatic rings. The van der Waals surface area contributed by atoms with Gasteiger partial charge in [0.25, 0.3) is 0 Å². The molecule has 0 spiro atoms. The Morgan fingerprint density at radius 2 is 2.00 bits per heavy atom. The van der Waals surface area contributed by atoms with E-state index in [9.17, 15) is 0 Å². The summed E-state index contributed by atoms with van der Waals surface area (Å²) in [5.41, 5.74) is 5.95. The molecule has 0 bridgehead atoms. The zero-order chi connectivity index (χ0) is 13.0. The van der Waals surface area contributed by atoms with Gasteiger partial charge in [0.15, 0.2) is 0 Å². The summed E-state index contributed by atoms with van der Waals surface area (Å²) in [5.74, 6) is 0. The van der Waals surface area contributed by atoms with Crippen molar-refractivity contribution in [2.24, 2.45) is 0 Å². The van der Waals surface area contributed by atoms with E-state index in [0.717, 1.165) is 0 Å². The van der Waals surface area contributed by atoms with E-state index < -0.39 is 23.2 Å². The van der Waals surface area contributed by atoms with Crippen LogP contribution in [0.2, 0.25) is 3.12 Å². The number of aryl methyl sites for hydroxylation is 2. The van der Waals surface area contributed by atoms with Crippen molar-refractivity contribution in [2.75, 3.05) is 0 Å². The summed E-state index contributed by atoms with van der Waals surface area (Å²) in [5, 5.41) is 1.46. The molecule has 1 fully saturated rings. The quantitative estimate of drug-likeness (QED) is 0.601. The molecule has 1 heterocycles. The predicted molar refractivity (Wildman–Crippen MR) is 76.6 cm³/mol. The number of rotatable bonds is 2. The van der Waals surface area contributed by atoms with Crippen LogP contribution in [0.1, 0.15) is 24.0 Å². The fourth-order valence-electron chi connectivity index (χ4n) is 3.45. The number of H-pyrrole nitrogens is 1. The molecule has 0 amide bonds. The summed E-state index contributed by atoms with van der Waals surface area (Å²) in [4.78, 5) is 3.73. The minimum Gasteiger partial charge on any atom is -1.00 e. The van der Waals surface area contributed by atoms with Gasteiger partial charge in [0.1, 0.15) is 0 Å². The standard InChI is InChI=1S/C10H10N.C7H7.2ClH.Zr/c1-7-4-3-5-9-10(7)8(2)6-11-9;1-2-6-4-5-7(6)3-1;;;/h3-5,11H,1-2H3;1-3H,4-5H2;2*1H;/q;;;;+2/p-2. The van der Waals surface area contributed by atoms with Crippen molar-refractivity contribution in [3.8, 4) is 0 Å². The van der Waals surface area contributed by atoms with Gasteiger partial charge in [-0.3, -0.25) is 0 Å². The summed E-state index contributed by atoms with van der Waals surface area (Å²) in [6.07, 6.45) is 9.83. The van der Waals surface area contributed by atoms with Crippen molar-refractivity contribution in [3.05, 3.63) is 53.1 Å². The molecule has 4 rings (SSSR count). The van der Waals surface area contributed by atoms with Gasteiger partial charge in [0, 0.05) is 0 Å². The van der Waals surface area contributed by atoms with Gasteiger partial charge in [0.2, 0.25) is 0 Å². The van der Waals surface area contributed by atoms with Crippen LogP contribution in [0.15, 0.2) is 42.0 Å². The Balaban J connectivity index is 0.000000807. The molecule has 1 saturated carbocycles. The molecule has 1 atom stereocenters. The number of aromatic nitrogens is 1. The first-order valence-electron chi connectivity index (χ1n) is 6.95. The van der Waals surface area contributed by atoms with Gasteiger partial charge in [-0.05, 0) is 0 Å². The molecule has 0 radical (unpaired) electrons. The molecule has 2 aliphatic rings. The van der Waals surface area contributed by atoms with Crippen molar-refractivity contribution in [3.63, 3.8) is 0 Å². The predicted octanol–water partition coefficient (Wildman–Crippen LogP) is -2.05. The Bertz CT molecular complexity index is 745. The average Bonchev–Trinajstić information content (AvgIpc) is 2.83. The maximum absolute atomic E-state index is 3.73. The summed E-state index contributed by atoms with van der Waals surface area (Å²) >= 11 is -0.630. The molecule has 1 unspecified atom stereocenters. The third-order valence-corrected chi connectivity index (χ3v) is 9.42. The SMILES string of the molecule is Cc1cccc2[nH][c]([Zr+2][C]34C=CC=C3CC4)c(C)c12.[Cl-].[Cl-]. The van der Waals surface area contributed by atoms with Gasteiger partial charge in [0.05, 0.1) is 0 Å². The first-order valence-corrected chi connectivity index (χ1v) is 9.40. The van der Waals surface area contributed by atoms with E-state index in [0.29, 0.717) is 3.12 Å². The third kappa shape index (κ3) is 2.50. The number of nitrogens with one attached hydrogen (secondary N) is 1. The number of aromatic amines is 1. The van der Waals surface area contributed by atoms with Crippen molar-refractivity contribution >= 4 is 14.3 Å². The van der Waals surface area contributed by atoms with Crippen molar-refractivity contribution in [1.82, 2.24) is 4.98 Å². The van der Waals surface area contributed by atoms with Gasteiger partial charge >= 0.3 is 125 Å². The number of hydrogen-bond acceptors (Lipinski definition) is 0. The van der Waals surface area contributed by atoms with Crippen molar-refractivity contribution in [2.45, 2.75) is 29.8 Å². The van der Waals surface area contributed by atoms with Crippen LogP contribution in [-0.4, -0.2) is 4.98 Å². The number of hydrogen-bond donors (Lipinski definition) is 1. The Morgan fingerprint density at radius 1 is 1.19 bits per heavy atom. The molecule has 21 heavy (non-hydrogen) atoms. The largest absolute Gasteiger partial charge is 1.00 e. The van der Waals surface area contributed by atoms with Gasteiger partial charge in [-0.15, -0.1) is 0 Å². The van der Waals surface area contributed by atoms with Crippen molar-refractivity contribution < 1.29 is 48.0 Å². The van der Waals surface area contributed by atoms with E-state index in [2.05, 4.69) is 55.3 Å². The molecule has 1 nitrogen and oxygen atoms in total. The second kappa shape index (κ2) is 6.07. The summed E-state index contributed by atoms with van der Waals surface area (Å²) in [7, 11) is 0. The Labute approximate surface area is 149 Å². The van der Waals surface area contributed by atoms with Crippen LogP contribution in [0.3, 0.4) is 0 Å². The first kappa shape index (κ1) is 17.1. The number of allylic oxidation sites excluding steroid dienone is 4. The second-order valence-corrected chi connectivity index (χ2v) is 9.81. The molecular formula is C17H17Cl2NZr. The number of fused-ring (bicyclic) bond motifs is 2. The van der Waals surface area contributed by atoms with Crippen LogP contribution in [0.4, 0.5) is 0 Å². The van der Waals surface area contributed by atoms with Crippen LogP contribution in [0.25, 0.3) is 10.9 Å². The summed E-state index contributed by atoms with van der Waals surface area (Å²) in [6, 6.07) is 6.60. The second-order valence-electron chi connectivity index (χ2n) is 5.77. The van der Waals surface area contributed by atoms with Gasteiger partial charge in [-0.2, -0.15) is 0 Å². The van der Waals surface area contributed by atoms with E-state index in [1.807, 2.05) is 0 Å². The maximum atomic E-state index is 3.73. The Hall–Kier alpha value is -0.297. The topological polar surface area (TPSA) is 15.8 Å². The molecule has 1 N–H and O–H groups in total. The van der Waals surface area contributed by atoms with E-state index in [1.54, 1.807) is 8.97 Å². The first-order chi connectivity index (χ1) is 9.20. The minimum absolute atomic E-state index is 0. The molecule has 108 valence electrons. The van der Waals surface area contributed by atoms with E-state index in [4.69, 9.17) is 0 Å². The van der Waals surface area contributed by atoms with Crippen LogP contribution >= 0.6 is 0 Å². The Morgan fingerprint density at radius 3 is 2.62 bits per heavy atom. The van der Waals surface area contributed by atoms with Gasteiger partial charge in [-0.1, -0.05) is 0 Å². The normalized spacial score (nSPS) is 21.7. The van der Waals surface area contributed by atoms with Gasteiger partial charge < -0.3 is 24.8 Å². The molecule has 0 saturated heterocycles. The van der Waals surface area contributed by atoms with E-state index in [-0.39, 0.29) is 24.8 Å². The third-order valence-electron chi connectivity index (χ3n) is 4.67. The van der Waals surface area contributed by atoms with Crippen LogP contribution in [-0.2, 0) is 23.2 Å². The molecule has 2 aliphatic carbocycles.